The number of hydrogen-bond donors (Lipinski definition) is 2. The third-order valence-corrected chi connectivity index (χ3v) is 5.03. The summed E-state index contributed by atoms with van der Waals surface area (Å²) in [7, 11) is 0. The molecular formula is C18H22ClN3O2S. The number of aryl methyl sites for hydroxylation is 1. The summed E-state index contributed by atoms with van der Waals surface area (Å²) in [6.07, 6.45) is 2.45. The van der Waals surface area contributed by atoms with E-state index in [0.717, 1.165) is 21.0 Å². The lowest BCUT2D eigenvalue weighted by atomic mass is 10.0. The molecule has 1 aromatic carbocycles. The van der Waals surface area contributed by atoms with E-state index in [9.17, 15) is 9.59 Å². The predicted octanol–water partition coefficient (Wildman–Crippen LogP) is 3.79. The van der Waals surface area contributed by atoms with Crippen molar-refractivity contribution in [3.05, 3.63) is 45.4 Å². The zero-order valence-corrected chi connectivity index (χ0v) is 16.3. The number of nitrogens with one attached hydrogen (secondary N) is 2. The summed E-state index contributed by atoms with van der Waals surface area (Å²) in [5.74, 6) is -0.507. The highest BCUT2D eigenvalue weighted by atomic mass is 35.5. The molecule has 2 aromatic rings. The molecule has 1 atom stereocenters. The Hall–Kier alpha value is -1.92. The Morgan fingerprint density at radius 3 is 2.64 bits per heavy atom. The Balaban J connectivity index is 2.03. The summed E-state index contributed by atoms with van der Waals surface area (Å²) in [6.45, 7) is 7.13. The maximum atomic E-state index is 12.4. The maximum Gasteiger partial charge on any atom is 0.248 e. The van der Waals surface area contributed by atoms with E-state index < -0.39 is 6.04 Å². The van der Waals surface area contributed by atoms with Crippen molar-refractivity contribution in [3.8, 4) is 0 Å². The number of aromatic nitrogens is 1. The van der Waals surface area contributed by atoms with Gasteiger partial charge in [0.2, 0.25) is 11.8 Å². The van der Waals surface area contributed by atoms with Crippen LogP contribution >= 0.6 is 22.9 Å². The molecule has 0 fully saturated rings. The Bertz CT molecular complexity index is 773. The number of rotatable bonds is 6. The summed E-state index contributed by atoms with van der Waals surface area (Å²) in [6, 6.07) is 5.38. The molecule has 2 N–H and O–H groups in total. The first kappa shape index (κ1) is 19.4. The standard InChI is InChI=1S/C18H22ClN3O2S/c1-10(2)16(21-12(4)23)17(24)22-18-20-9-14(25-18)7-13-6-5-11(3)15(19)8-13/h5-6,8-10,16H,7H2,1-4H3,(H,21,23)(H,20,22,24)/t16-/m0/s1. The largest absolute Gasteiger partial charge is 0.344 e. The molecule has 5 nitrogen and oxygen atoms in total. The van der Waals surface area contributed by atoms with Crippen LogP contribution < -0.4 is 10.6 Å². The van der Waals surface area contributed by atoms with Crippen LogP contribution in [-0.2, 0) is 16.0 Å². The summed E-state index contributed by atoms with van der Waals surface area (Å²) in [5.41, 5.74) is 2.14. The summed E-state index contributed by atoms with van der Waals surface area (Å²) in [4.78, 5) is 28.9. The van der Waals surface area contributed by atoms with Crippen molar-refractivity contribution in [2.45, 2.75) is 40.2 Å². The molecular weight excluding hydrogens is 358 g/mol. The number of nitrogens with zero attached hydrogens (tertiary/aromatic N) is 1. The fraction of sp³-hybridized carbons (Fsp3) is 0.389. The number of anilines is 1. The van der Waals surface area contributed by atoms with Crippen LogP contribution in [0.4, 0.5) is 5.13 Å². The lowest BCUT2D eigenvalue weighted by molar-refractivity contribution is -0.126. The van der Waals surface area contributed by atoms with E-state index in [1.54, 1.807) is 6.20 Å². The van der Waals surface area contributed by atoms with Crippen molar-refractivity contribution in [1.82, 2.24) is 10.3 Å². The lowest BCUT2D eigenvalue weighted by Gasteiger charge is -2.20. The minimum atomic E-state index is -0.583. The van der Waals surface area contributed by atoms with Crippen molar-refractivity contribution in [2.75, 3.05) is 5.32 Å². The minimum absolute atomic E-state index is 0.0157. The van der Waals surface area contributed by atoms with Gasteiger partial charge in [-0.2, -0.15) is 0 Å². The van der Waals surface area contributed by atoms with Crippen LogP contribution in [0, 0.1) is 12.8 Å². The number of thiazole rings is 1. The fourth-order valence-electron chi connectivity index (χ4n) is 2.33. The van der Waals surface area contributed by atoms with E-state index in [1.165, 1.54) is 18.3 Å². The molecule has 2 amide bonds. The monoisotopic (exact) mass is 379 g/mol. The molecule has 0 unspecified atom stereocenters. The third kappa shape index (κ3) is 5.54. The van der Waals surface area contributed by atoms with Gasteiger partial charge in [0.25, 0.3) is 0 Å². The van der Waals surface area contributed by atoms with Crippen LogP contribution in [0.1, 0.15) is 36.8 Å². The van der Waals surface area contributed by atoms with Gasteiger partial charge >= 0.3 is 0 Å². The molecule has 1 heterocycles. The molecule has 0 aliphatic heterocycles. The normalized spacial score (nSPS) is 12.1. The van der Waals surface area contributed by atoms with Gasteiger partial charge in [0.05, 0.1) is 0 Å². The van der Waals surface area contributed by atoms with Crippen molar-refractivity contribution in [1.29, 1.82) is 0 Å². The Labute approximate surface area is 156 Å². The highest BCUT2D eigenvalue weighted by Crippen LogP contribution is 2.24. The van der Waals surface area contributed by atoms with Gasteiger partial charge in [-0.25, -0.2) is 4.98 Å². The molecule has 0 saturated heterocycles. The van der Waals surface area contributed by atoms with Crippen molar-refractivity contribution < 1.29 is 9.59 Å². The average molecular weight is 380 g/mol. The van der Waals surface area contributed by atoms with Crippen molar-refractivity contribution >= 4 is 39.9 Å². The summed E-state index contributed by atoms with van der Waals surface area (Å²) in [5, 5.41) is 6.72. The van der Waals surface area contributed by atoms with E-state index in [2.05, 4.69) is 15.6 Å². The van der Waals surface area contributed by atoms with Gasteiger partial charge in [-0.15, -0.1) is 11.3 Å². The predicted molar refractivity (Wildman–Crippen MR) is 102 cm³/mol. The molecule has 134 valence electrons. The molecule has 1 aromatic heterocycles. The fourth-order valence-corrected chi connectivity index (χ4v) is 3.38. The number of carbonyl (C=O) groups excluding carboxylic acids is 2. The zero-order chi connectivity index (χ0) is 18.6. The van der Waals surface area contributed by atoms with Gasteiger partial charge in [-0.05, 0) is 30.0 Å². The highest BCUT2D eigenvalue weighted by molar-refractivity contribution is 7.15. The lowest BCUT2D eigenvalue weighted by Crippen LogP contribution is -2.46. The van der Waals surface area contributed by atoms with E-state index >= 15 is 0 Å². The van der Waals surface area contributed by atoms with E-state index in [-0.39, 0.29) is 17.7 Å². The first-order valence-electron chi connectivity index (χ1n) is 8.04. The molecule has 0 saturated carbocycles. The smallest absolute Gasteiger partial charge is 0.248 e. The van der Waals surface area contributed by atoms with Gasteiger partial charge in [-0.3, -0.25) is 9.59 Å². The topological polar surface area (TPSA) is 71.1 Å². The highest BCUT2D eigenvalue weighted by Gasteiger charge is 2.23. The molecule has 0 aliphatic carbocycles. The van der Waals surface area contributed by atoms with Gasteiger partial charge in [0.15, 0.2) is 5.13 Å². The van der Waals surface area contributed by atoms with Crippen LogP contribution in [0.3, 0.4) is 0 Å². The first-order chi connectivity index (χ1) is 11.8. The second kappa shape index (κ2) is 8.45. The SMILES string of the molecule is CC(=O)N[C@H](C(=O)Nc1ncc(Cc2ccc(C)c(Cl)c2)s1)C(C)C. The quantitative estimate of drug-likeness (QED) is 0.802. The van der Waals surface area contributed by atoms with Crippen LogP contribution in [-0.4, -0.2) is 22.8 Å². The second-order valence-electron chi connectivity index (χ2n) is 6.30. The van der Waals surface area contributed by atoms with E-state index in [1.807, 2.05) is 39.0 Å². The van der Waals surface area contributed by atoms with Crippen LogP contribution in [0.15, 0.2) is 24.4 Å². The van der Waals surface area contributed by atoms with Crippen LogP contribution in [0.25, 0.3) is 0 Å². The minimum Gasteiger partial charge on any atom is -0.344 e. The first-order valence-corrected chi connectivity index (χ1v) is 9.23. The average Bonchev–Trinajstić information content (AvgIpc) is 2.95. The number of amides is 2. The number of benzene rings is 1. The van der Waals surface area contributed by atoms with Gasteiger partial charge in [0.1, 0.15) is 6.04 Å². The number of hydrogen-bond acceptors (Lipinski definition) is 4. The van der Waals surface area contributed by atoms with Crippen LogP contribution in [0.2, 0.25) is 5.02 Å². The molecule has 2 rings (SSSR count). The zero-order valence-electron chi connectivity index (χ0n) is 14.7. The molecule has 0 spiro atoms. The van der Waals surface area contributed by atoms with E-state index in [0.29, 0.717) is 11.6 Å². The van der Waals surface area contributed by atoms with Crippen molar-refractivity contribution in [3.63, 3.8) is 0 Å². The maximum absolute atomic E-state index is 12.4. The van der Waals surface area contributed by atoms with Gasteiger partial charge < -0.3 is 10.6 Å². The molecule has 25 heavy (non-hydrogen) atoms. The molecule has 0 bridgehead atoms. The van der Waals surface area contributed by atoms with Gasteiger partial charge in [-0.1, -0.05) is 37.6 Å². The number of carbonyl (C=O) groups is 2. The number of halogens is 1. The Morgan fingerprint density at radius 1 is 1.32 bits per heavy atom. The molecule has 0 aliphatic rings. The Morgan fingerprint density at radius 2 is 2.04 bits per heavy atom. The molecule has 7 heteroatoms. The molecule has 0 radical (unpaired) electrons. The summed E-state index contributed by atoms with van der Waals surface area (Å²) < 4.78 is 0. The third-order valence-electron chi connectivity index (χ3n) is 3.71. The van der Waals surface area contributed by atoms with Gasteiger partial charge in [0, 0.05) is 29.4 Å². The Kier molecular flexibility index (Phi) is 6.56. The van der Waals surface area contributed by atoms with E-state index in [4.69, 9.17) is 11.6 Å². The van der Waals surface area contributed by atoms with Crippen molar-refractivity contribution in [2.24, 2.45) is 5.92 Å². The van der Waals surface area contributed by atoms with Crippen LogP contribution in [0.5, 0.6) is 0 Å². The second-order valence-corrected chi connectivity index (χ2v) is 7.83. The summed E-state index contributed by atoms with van der Waals surface area (Å²) >= 11 is 7.57.